The number of amides is 3. The first-order chi connectivity index (χ1) is 15.7. The monoisotopic (exact) mass is 486 g/mol. The highest BCUT2D eigenvalue weighted by Gasteiger charge is 2.16. The number of hydrogen-bond acceptors (Lipinski definition) is 6. The second-order valence-electron chi connectivity index (χ2n) is 6.98. The van der Waals surface area contributed by atoms with Crippen LogP contribution in [0.5, 0.6) is 0 Å². The molecule has 0 aliphatic heterocycles. The van der Waals surface area contributed by atoms with Crippen molar-refractivity contribution in [2.24, 2.45) is 5.73 Å². The molecule has 0 unspecified atom stereocenters. The average Bonchev–Trinajstić information content (AvgIpc) is 3.31. The number of anilines is 2. The Balaban J connectivity index is 1.60. The largest absolute Gasteiger partial charge is 0.370 e. The highest BCUT2D eigenvalue weighted by Crippen LogP contribution is 2.21. The van der Waals surface area contributed by atoms with Crippen molar-refractivity contribution in [3.05, 3.63) is 77.2 Å². The summed E-state index contributed by atoms with van der Waals surface area (Å²) in [6.07, 6.45) is 0.0370. The van der Waals surface area contributed by atoms with Gasteiger partial charge in [-0.05, 0) is 41.3 Å². The summed E-state index contributed by atoms with van der Waals surface area (Å²) in [7, 11) is -3.65. The molecule has 0 bridgehead atoms. The van der Waals surface area contributed by atoms with E-state index in [1.165, 1.54) is 6.07 Å². The summed E-state index contributed by atoms with van der Waals surface area (Å²) in [5.74, 6) is -1.31. The number of sulfonamides is 1. The van der Waals surface area contributed by atoms with Crippen molar-refractivity contribution in [3.8, 4) is 0 Å². The number of primary amides is 1. The van der Waals surface area contributed by atoms with Crippen LogP contribution in [0.3, 0.4) is 0 Å². The topological polar surface area (TPSA) is 147 Å². The molecule has 172 valence electrons. The van der Waals surface area contributed by atoms with E-state index in [1.54, 1.807) is 60.0 Å². The highest BCUT2D eigenvalue weighted by molar-refractivity contribution is 7.94. The zero-order chi connectivity index (χ0) is 23.8. The molecule has 3 rings (SSSR count). The molecule has 0 aliphatic carbocycles. The van der Waals surface area contributed by atoms with Gasteiger partial charge in [-0.3, -0.25) is 19.1 Å². The van der Waals surface area contributed by atoms with E-state index in [0.29, 0.717) is 16.9 Å². The van der Waals surface area contributed by atoms with Gasteiger partial charge < -0.3 is 16.4 Å². The molecule has 1 aromatic heterocycles. The summed E-state index contributed by atoms with van der Waals surface area (Å²) in [5.41, 5.74) is 6.70. The van der Waals surface area contributed by atoms with Crippen LogP contribution < -0.4 is 21.1 Å². The molecule has 2 aromatic carbocycles. The molecule has 0 atom stereocenters. The predicted molar refractivity (Wildman–Crippen MR) is 126 cm³/mol. The quantitative estimate of drug-likeness (QED) is 0.347. The van der Waals surface area contributed by atoms with E-state index in [1.807, 2.05) is 0 Å². The van der Waals surface area contributed by atoms with Gasteiger partial charge in [0.2, 0.25) is 11.8 Å². The van der Waals surface area contributed by atoms with E-state index in [9.17, 15) is 22.8 Å². The first-order valence-corrected chi connectivity index (χ1v) is 12.2. The molecular formula is C22H22N4O5S2. The van der Waals surface area contributed by atoms with Gasteiger partial charge in [0.25, 0.3) is 15.9 Å². The fraction of sp³-hybridized carbons (Fsp3) is 0.136. The number of hydrogen-bond donors (Lipinski definition) is 4. The molecule has 0 spiro atoms. The summed E-state index contributed by atoms with van der Waals surface area (Å²) < 4.78 is 27.3. The van der Waals surface area contributed by atoms with Crippen molar-refractivity contribution in [3.63, 3.8) is 0 Å². The molecule has 0 fully saturated rings. The van der Waals surface area contributed by atoms with Crippen LogP contribution in [0.4, 0.5) is 11.4 Å². The maximum atomic E-state index is 12.5. The van der Waals surface area contributed by atoms with E-state index in [0.717, 1.165) is 11.3 Å². The predicted octanol–water partition coefficient (Wildman–Crippen LogP) is 2.34. The average molecular weight is 487 g/mol. The number of benzene rings is 2. The molecule has 0 saturated carbocycles. The Kier molecular flexibility index (Phi) is 7.80. The second-order valence-corrected chi connectivity index (χ2v) is 9.83. The maximum absolute atomic E-state index is 12.5. The van der Waals surface area contributed by atoms with E-state index >= 15 is 0 Å². The van der Waals surface area contributed by atoms with Crippen molar-refractivity contribution >= 4 is 50.5 Å². The lowest BCUT2D eigenvalue weighted by molar-refractivity contribution is -0.118. The normalized spacial score (nSPS) is 10.9. The van der Waals surface area contributed by atoms with Gasteiger partial charge >= 0.3 is 0 Å². The van der Waals surface area contributed by atoms with Crippen LogP contribution in [0.15, 0.2) is 70.3 Å². The summed E-state index contributed by atoms with van der Waals surface area (Å²) >= 11 is 1.12. The Morgan fingerprint density at radius 3 is 2.33 bits per heavy atom. The fourth-order valence-corrected chi connectivity index (χ4v) is 4.93. The van der Waals surface area contributed by atoms with Crippen molar-refractivity contribution in [2.75, 3.05) is 16.6 Å². The molecule has 33 heavy (non-hydrogen) atoms. The van der Waals surface area contributed by atoms with Gasteiger partial charge in [0.1, 0.15) is 4.21 Å². The summed E-state index contributed by atoms with van der Waals surface area (Å²) in [5, 5.41) is 6.97. The van der Waals surface area contributed by atoms with Gasteiger partial charge in [-0.15, -0.1) is 11.3 Å². The molecule has 5 N–H and O–H groups in total. The molecule has 3 aromatic rings. The number of para-hydroxylation sites is 1. The summed E-state index contributed by atoms with van der Waals surface area (Å²) in [6, 6.07) is 16.1. The molecular weight excluding hydrogens is 464 g/mol. The van der Waals surface area contributed by atoms with Crippen LogP contribution in [0.1, 0.15) is 22.3 Å². The second kappa shape index (κ2) is 10.7. The number of carbonyl (C=O) groups is 3. The summed E-state index contributed by atoms with van der Waals surface area (Å²) in [6.45, 7) is 0.0963. The lowest BCUT2D eigenvalue weighted by atomic mass is 10.1. The number of nitrogens with one attached hydrogen (secondary N) is 3. The first-order valence-electron chi connectivity index (χ1n) is 9.85. The van der Waals surface area contributed by atoms with Gasteiger partial charge in [-0.1, -0.05) is 30.3 Å². The third kappa shape index (κ3) is 6.89. The minimum absolute atomic E-state index is 0.0136. The minimum atomic E-state index is -3.65. The van der Waals surface area contributed by atoms with E-state index in [-0.39, 0.29) is 35.1 Å². The molecule has 1 heterocycles. The Bertz CT molecular complexity index is 1240. The van der Waals surface area contributed by atoms with Crippen LogP contribution in [0, 0.1) is 0 Å². The Morgan fingerprint density at radius 1 is 0.939 bits per heavy atom. The van der Waals surface area contributed by atoms with E-state index in [4.69, 9.17) is 5.73 Å². The number of nitrogens with two attached hydrogens (primary N) is 1. The minimum Gasteiger partial charge on any atom is -0.370 e. The molecule has 0 aliphatic rings. The Hall–Kier alpha value is -3.70. The van der Waals surface area contributed by atoms with E-state index in [2.05, 4.69) is 15.4 Å². The van der Waals surface area contributed by atoms with Crippen molar-refractivity contribution in [1.29, 1.82) is 0 Å². The van der Waals surface area contributed by atoms with Gasteiger partial charge in [0, 0.05) is 18.7 Å². The third-order valence-electron chi connectivity index (χ3n) is 4.43. The van der Waals surface area contributed by atoms with Crippen molar-refractivity contribution in [1.82, 2.24) is 5.32 Å². The van der Waals surface area contributed by atoms with Crippen LogP contribution in [0.2, 0.25) is 0 Å². The standard InChI is InChI=1S/C22H22N4O5S2/c23-19(27)11-12-24-22(29)17-4-1-2-5-18(17)25-20(28)14-15-7-9-16(10-8-15)26-33(30,31)21-6-3-13-32-21/h1-10,13,26H,11-12,14H2,(H2,23,27)(H,24,29)(H,25,28). The van der Waals surface area contributed by atoms with E-state index < -0.39 is 21.8 Å². The smallest absolute Gasteiger partial charge is 0.271 e. The molecule has 3 amide bonds. The fourth-order valence-electron chi connectivity index (χ4n) is 2.88. The number of carbonyl (C=O) groups excluding carboxylic acids is 3. The summed E-state index contributed by atoms with van der Waals surface area (Å²) in [4.78, 5) is 35.7. The van der Waals surface area contributed by atoms with Crippen molar-refractivity contribution in [2.45, 2.75) is 17.1 Å². The lowest BCUT2D eigenvalue weighted by Crippen LogP contribution is -2.29. The van der Waals surface area contributed by atoms with Crippen LogP contribution in [-0.4, -0.2) is 32.7 Å². The Labute approximate surface area is 195 Å². The third-order valence-corrected chi connectivity index (χ3v) is 7.21. The van der Waals surface area contributed by atoms with Gasteiger partial charge in [-0.25, -0.2) is 8.42 Å². The molecule has 0 radical (unpaired) electrons. The molecule has 9 nitrogen and oxygen atoms in total. The number of thiophene rings is 1. The Morgan fingerprint density at radius 2 is 1.67 bits per heavy atom. The molecule has 11 heteroatoms. The zero-order valence-corrected chi connectivity index (χ0v) is 19.0. The van der Waals surface area contributed by atoms with Crippen LogP contribution >= 0.6 is 11.3 Å². The van der Waals surface area contributed by atoms with Crippen LogP contribution in [-0.2, 0) is 26.0 Å². The highest BCUT2D eigenvalue weighted by atomic mass is 32.2. The van der Waals surface area contributed by atoms with Gasteiger partial charge in [0.05, 0.1) is 17.7 Å². The zero-order valence-electron chi connectivity index (χ0n) is 17.4. The van der Waals surface area contributed by atoms with Gasteiger partial charge in [-0.2, -0.15) is 0 Å². The molecule has 0 saturated heterocycles. The van der Waals surface area contributed by atoms with Crippen molar-refractivity contribution < 1.29 is 22.8 Å². The number of rotatable bonds is 10. The maximum Gasteiger partial charge on any atom is 0.271 e. The van der Waals surface area contributed by atoms with Crippen LogP contribution in [0.25, 0.3) is 0 Å². The lowest BCUT2D eigenvalue weighted by Gasteiger charge is -2.12. The van der Waals surface area contributed by atoms with Gasteiger partial charge in [0.15, 0.2) is 0 Å². The SMILES string of the molecule is NC(=O)CCNC(=O)c1ccccc1NC(=O)Cc1ccc(NS(=O)(=O)c2cccs2)cc1. The first kappa shape index (κ1) is 24.0.